The van der Waals surface area contributed by atoms with Crippen molar-refractivity contribution in [2.24, 2.45) is 5.92 Å². The Hall–Kier alpha value is -1.39. The first kappa shape index (κ1) is 14.2. The predicted octanol–water partition coefficient (Wildman–Crippen LogP) is 2.96. The maximum absolute atomic E-state index is 9.80. The molecule has 5 rings (SSSR count). The van der Waals surface area contributed by atoms with Gasteiger partial charge in [0.15, 0.2) is 0 Å². The lowest BCUT2D eigenvalue weighted by molar-refractivity contribution is 0.0609. The molecular formula is C18H25N3O. The van der Waals surface area contributed by atoms with Crippen LogP contribution in [0.4, 0.5) is 0 Å². The summed E-state index contributed by atoms with van der Waals surface area (Å²) in [5.74, 6) is 1.50. The minimum absolute atomic E-state index is 0.0262. The summed E-state index contributed by atoms with van der Waals surface area (Å²) >= 11 is 0. The van der Waals surface area contributed by atoms with E-state index in [0.717, 1.165) is 11.3 Å². The first-order valence-corrected chi connectivity index (χ1v) is 8.55. The van der Waals surface area contributed by atoms with E-state index in [9.17, 15) is 5.11 Å². The van der Waals surface area contributed by atoms with Gasteiger partial charge < -0.3 is 14.6 Å². The number of benzene rings is 1. The molecule has 0 radical (unpaired) electrons. The zero-order chi connectivity index (χ0) is 15.1. The fourth-order valence-electron chi connectivity index (χ4n) is 4.59. The van der Waals surface area contributed by atoms with E-state index in [1.165, 1.54) is 44.2 Å². The van der Waals surface area contributed by atoms with E-state index in [1.807, 2.05) is 6.07 Å². The van der Waals surface area contributed by atoms with Crippen molar-refractivity contribution in [2.45, 2.75) is 50.8 Å². The number of rotatable bonds is 2. The Morgan fingerprint density at radius 3 is 2.91 bits per heavy atom. The minimum Gasteiger partial charge on any atom is -0.388 e. The Morgan fingerprint density at radius 2 is 2.05 bits per heavy atom. The summed E-state index contributed by atoms with van der Waals surface area (Å²) in [4.78, 5) is 7.22. The fourth-order valence-corrected chi connectivity index (χ4v) is 4.59. The molecule has 2 aliphatic heterocycles. The molecular weight excluding hydrogens is 274 g/mol. The number of imidazole rings is 1. The zero-order valence-electron chi connectivity index (χ0n) is 13.3. The fraction of sp³-hybridized carbons (Fsp3) is 0.611. The van der Waals surface area contributed by atoms with Gasteiger partial charge in [0, 0.05) is 18.6 Å². The van der Waals surface area contributed by atoms with Crippen molar-refractivity contribution in [1.82, 2.24) is 14.5 Å². The van der Waals surface area contributed by atoms with Crippen molar-refractivity contribution in [2.75, 3.05) is 13.6 Å². The summed E-state index contributed by atoms with van der Waals surface area (Å²) in [6.45, 7) is 1.20. The second kappa shape index (κ2) is 5.67. The molecule has 0 spiro atoms. The normalized spacial score (nSPS) is 29.6. The maximum Gasteiger partial charge on any atom is 0.135 e. The summed E-state index contributed by atoms with van der Waals surface area (Å²) < 4.78 is 2.35. The van der Waals surface area contributed by atoms with E-state index in [-0.39, 0.29) is 6.61 Å². The van der Waals surface area contributed by atoms with Crippen LogP contribution in [-0.4, -0.2) is 39.2 Å². The average molecular weight is 299 g/mol. The van der Waals surface area contributed by atoms with Gasteiger partial charge in [0.2, 0.25) is 0 Å². The van der Waals surface area contributed by atoms with Crippen molar-refractivity contribution < 1.29 is 5.11 Å². The third-order valence-corrected chi connectivity index (χ3v) is 5.71. The van der Waals surface area contributed by atoms with Crippen LogP contribution in [0.1, 0.15) is 44.0 Å². The highest BCUT2D eigenvalue weighted by Gasteiger charge is 2.37. The molecule has 4 heteroatoms. The van der Waals surface area contributed by atoms with Crippen LogP contribution in [0.25, 0.3) is 11.0 Å². The maximum atomic E-state index is 9.80. The van der Waals surface area contributed by atoms with Crippen LogP contribution in [0.5, 0.6) is 0 Å². The van der Waals surface area contributed by atoms with Crippen LogP contribution in [-0.2, 0) is 6.61 Å². The van der Waals surface area contributed by atoms with Crippen molar-refractivity contribution >= 4 is 11.0 Å². The summed E-state index contributed by atoms with van der Waals surface area (Å²) in [5, 5.41) is 9.80. The highest BCUT2D eigenvalue weighted by atomic mass is 16.3. The van der Waals surface area contributed by atoms with E-state index in [4.69, 9.17) is 0 Å². The molecule has 0 amide bonds. The van der Waals surface area contributed by atoms with Crippen LogP contribution in [0.2, 0.25) is 0 Å². The van der Waals surface area contributed by atoms with Crippen molar-refractivity contribution in [1.29, 1.82) is 0 Å². The summed E-state index contributed by atoms with van der Waals surface area (Å²) in [6, 6.07) is 9.47. The van der Waals surface area contributed by atoms with Gasteiger partial charge in [-0.15, -0.1) is 0 Å². The molecule has 2 aromatic rings. The Morgan fingerprint density at radius 1 is 1.23 bits per heavy atom. The third kappa shape index (κ3) is 2.25. The monoisotopic (exact) mass is 299 g/mol. The Labute approximate surface area is 131 Å². The van der Waals surface area contributed by atoms with Gasteiger partial charge in [-0.2, -0.15) is 0 Å². The molecule has 1 aliphatic carbocycles. The molecule has 3 fully saturated rings. The number of fused-ring (bicyclic) bond motifs is 6. The number of hydrogen-bond acceptors (Lipinski definition) is 3. The van der Waals surface area contributed by atoms with E-state index in [0.29, 0.717) is 18.0 Å². The number of aliphatic hydroxyl groups is 1. The molecule has 1 aromatic heterocycles. The number of piperidine rings is 1. The molecule has 2 saturated heterocycles. The topological polar surface area (TPSA) is 41.3 Å². The molecule has 1 N–H and O–H groups in total. The van der Waals surface area contributed by atoms with Crippen molar-refractivity contribution in [3.8, 4) is 0 Å². The zero-order valence-corrected chi connectivity index (χ0v) is 13.3. The van der Waals surface area contributed by atoms with Crippen LogP contribution >= 0.6 is 0 Å². The van der Waals surface area contributed by atoms with Gasteiger partial charge in [0.05, 0.1) is 11.0 Å². The van der Waals surface area contributed by atoms with Crippen molar-refractivity contribution in [3.05, 3.63) is 30.1 Å². The number of aliphatic hydroxyl groups excluding tert-OH is 1. The molecule has 3 aliphatic rings. The predicted molar refractivity (Wildman–Crippen MR) is 87.7 cm³/mol. The average Bonchev–Trinajstić information content (AvgIpc) is 2.88. The van der Waals surface area contributed by atoms with Gasteiger partial charge in [-0.05, 0) is 44.4 Å². The highest BCUT2D eigenvalue weighted by molar-refractivity contribution is 5.76. The summed E-state index contributed by atoms with van der Waals surface area (Å²) in [7, 11) is 2.28. The molecule has 2 unspecified atom stereocenters. The first-order valence-electron chi connectivity index (χ1n) is 8.55. The Balaban J connectivity index is 1.80. The van der Waals surface area contributed by atoms with Gasteiger partial charge in [-0.1, -0.05) is 25.0 Å². The van der Waals surface area contributed by atoms with Crippen LogP contribution in [0.15, 0.2) is 24.3 Å². The molecule has 2 bridgehead atoms. The number of hydrogen-bond donors (Lipinski definition) is 1. The van der Waals surface area contributed by atoms with E-state index < -0.39 is 0 Å². The van der Waals surface area contributed by atoms with Gasteiger partial charge in [0.25, 0.3) is 0 Å². The summed E-state index contributed by atoms with van der Waals surface area (Å²) in [6.07, 6.45) is 6.48. The lowest BCUT2D eigenvalue weighted by Crippen LogP contribution is -2.47. The van der Waals surface area contributed by atoms with Gasteiger partial charge in [-0.25, -0.2) is 4.98 Å². The molecule has 1 aromatic carbocycles. The Kier molecular flexibility index (Phi) is 3.66. The number of aromatic nitrogens is 2. The number of nitrogens with zero attached hydrogens (tertiary/aromatic N) is 3. The standard InChI is InChI=1S/C18H25N3O/c1-20-11-13-6-2-3-7-14(20)10-17(13)21-16-9-5-4-8-15(16)19-18(21)12-22/h4-5,8-9,13-14,17,22H,2-3,6-7,10-12H2,1H3/t13?,14-,17?/m1/s1. The SMILES string of the molecule is CN1CC2CCCC[C@@H]1CC2n1c(CO)nc2ccccc21. The van der Waals surface area contributed by atoms with Gasteiger partial charge in [-0.3, -0.25) is 0 Å². The lowest BCUT2D eigenvalue weighted by Gasteiger charge is -2.45. The molecule has 3 atom stereocenters. The Bertz CT molecular complexity index is 665. The second-order valence-corrected chi connectivity index (χ2v) is 6.99. The van der Waals surface area contributed by atoms with Gasteiger partial charge >= 0.3 is 0 Å². The first-order chi connectivity index (χ1) is 10.8. The van der Waals surface area contributed by atoms with E-state index in [1.54, 1.807) is 0 Å². The largest absolute Gasteiger partial charge is 0.388 e. The lowest BCUT2D eigenvalue weighted by atomic mass is 9.79. The van der Waals surface area contributed by atoms with Crippen LogP contribution < -0.4 is 0 Å². The molecule has 118 valence electrons. The highest BCUT2D eigenvalue weighted by Crippen LogP contribution is 2.40. The molecule has 4 nitrogen and oxygen atoms in total. The quantitative estimate of drug-likeness (QED) is 0.927. The van der Waals surface area contributed by atoms with E-state index >= 15 is 0 Å². The summed E-state index contributed by atoms with van der Waals surface area (Å²) in [5.41, 5.74) is 2.20. The van der Waals surface area contributed by atoms with Crippen LogP contribution in [0, 0.1) is 5.92 Å². The third-order valence-electron chi connectivity index (χ3n) is 5.71. The minimum atomic E-state index is 0.0262. The van der Waals surface area contributed by atoms with E-state index in [2.05, 4.69) is 39.7 Å². The molecule has 22 heavy (non-hydrogen) atoms. The second-order valence-electron chi connectivity index (χ2n) is 6.99. The number of para-hydroxylation sites is 2. The smallest absolute Gasteiger partial charge is 0.135 e. The molecule has 1 saturated carbocycles. The van der Waals surface area contributed by atoms with Crippen molar-refractivity contribution in [3.63, 3.8) is 0 Å². The van der Waals surface area contributed by atoms with Crippen LogP contribution in [0.3, 0.4) is 0 Å². The molecule has 3 heterocycles. The van der Waals surface area contributed by atoms with Gasteiger partial charge in [0.1, 0.15) is 12.4 Å².